The Balaban J connectivity index is 2.32. The lowest BCUT2D eigenvalue weighted by Gasteiger charge is -2.27. The average molecular weight is 309 g/mol. The number of rotatable bonds is 12. The Hall–Kier alpha value is -0.643. The fourth-order valence-corrected chi connectivity index (χ4v) is 5.60. The van der Waals surface area contributed by atoms with E-state index in [0.717, 1.165) is 6.04 Å². The molecule has 0 spiro atoms. The van der Waals surface area contributed by atoms with Gasteiger partial charge in [0.25, 0.3) is 0 Å². The Morgan fingerprint density at radius 1 is 0.762 bits per heavy atom. The van der Waals surface area contributed by atoms with Gasteiger partial charge >= 0.3 is 8.56 Å². The summed E-state index contributed by atoms with van der Waals surface area (Å²) in [5.41, 5.74) is 0. The van der Waals surface area contributed by atoms with E-state index >= 15 is 0 Å². The molecule has 0 N–H and O–H groups in total. The van der Waals surface area contributed by atoms with Crippen LogP contribution in [0.15, 0.2) is 30.3 Å². The summed E-state index contributed by atoms with van der Waals surface area (Å²) in [4.78, 5) is 0. The summed E-state index contributed by atoms with van der Waals surface area (Å²) in [7, 11) is 1.40. The van der Waals surface area contributed by atoms with E-state index in [9.17, 15) is 0 Å². The number of hydrogen-bond acceptors (Lipinski definition) is 2. The van der Waals surface area contributed by atoms with Crippen LogP contribution in [0.25, 0.3) is 0 Å². The fourth-order valence-electron chi connectivity index (χ4n) is 2.85. The van der Waals surface area contributed by atoms with Crippen LogP contribution >= 0.6 is 0 Å². The van der Waals surface area contributed by atoms with Gasteiger partial charge in [-0.3, -0.25) is 0 Å². The van der Waals surface area contributed by atoms with Crippen LogP contribution in [0.5, 0.6) is 0 Å². The van der Waals surface area contributed by atoms with Crippen LogP contribution in [0.4, 0.5) is 0 Å². The summed E-state index contributed by atoms with van der Waals surface area (Å²) in [5, 5.41) is 1.25. The second-order valence-corrected chi connectivity index (χ2v) is 9.15. The highest BCUT2D eigenvalue weighted by atomic mass is 28.4. The van der Waals surface area contributed by atoms with Crippen molar-refractivity contribution < 1.29 is 8.85 Å². The molecule has 0 aromatic heterocycles. The zero-order valence-electron chi connectivity index (χ0n) is 14.1. The lowest BCUT2D eigenvalue weighted by atomic mass is 10.1. The molecule has 0 saturated carbocycles. The molecule has 1 aromatic rings. The number of benzene rings is 1. The molecule has 21 heavy (non-hydrogen) atoms. The summed E-state index contributed by atoms with van der Waals surface area (Å²) in [6.07, 6.45) is 10.7. The largest absolute Gasteiger partial charge is 0.394 e. The van der Waals surface area contributed by atoms with Gasteiger partial charge in [0.15, 0.2) is 0 Å². The highest BCUT2D eigenvalue weighted by molar-refractivity contribution is 6.81. The zero-order valence-corrected chi connectivity index (χ0v) is 15.1. The Labute approximate surface area is 132 Å². The van der Waals surface area contributed by atoms with Crippen molar-refractivity contribution in [2.24, 2.45) is 0 Å². The summed E-state index contributed by atoms with van der Waals surface area (Å²) in [6.45, 7) is 2.27. The van der Waals surface area contributed by atoms with Gasteiger partial charge in [0, 0.05) is 14.2 Å². The molecule has 0 amide bonds. The first-order valence-corrected chi connectivity index (χ1v) is 10.5. The van der Waals surface area contributed by atoms with Gasteiger partial charge in [0.2, 0.25) is 0 Å². The smallest absolute Gasteiger partial charge is 0.371 e. The van der Waals surface area contributed by atoms with Crippen molar-refractivity contribution in [2.45, 2.75) is 64.3 Å². The Bertz CT molecular complexity index is 349. The van der Waals surface area contributed by atoms with Gasteiger partial charge in [-0.25, -0.2) is 0 Å². The van der Waals surface area contributed by atoms with E-state index in [1.165, 1.54) is 56.6 Å². The number of unbranched alkanes of at least 4 members (excludes halogenated alkanes) is 7. The van der Waals surface area contributed by atoms with E-state index in [0.29, 0.717) is 0 Å². The van der Waals surface area contributed by atoms with Crippen molar-refractivity contribution in [3.05, 3.63) is 30.3 Å². The summed E-state index contributed by atoms with van der Waals surface area (Å²) in [6, 6.07) is 11.5. The van der Waals surface area contributed by atoms with Gasteiger partial charge in [-0.15, -0.1) is 0 Å². The lowest BCUT2D eigenvalue weighted by Crippen LogP contribution is -2.52. The minimum atomic E-state index is -2.20. The molecule has 0 atom stereocenters. The van der Waals surface area contributed by atoms with Crippen molar-refractivity contribution in [1.82, 2.24) is 0 Å². The zero-order chi connectivity index (χ0) is 15.4. The first-order valence-electron chi connectivity index (χ1n) is 8.45. The SMILES string of the molecule is CCCCCCCCCC[Si](OC)(OC)c1ccccc1. The van der Waals surface area contributed by atoms with Crippen molar-refractivity contribution in [1.29, 1.82) is 0 Å². The minimum Gasteiger partial charge on any atom is -0.394 e. The fraction of sp³-hybridized carbons (Fsp3) is 0.667. The van der Waals surface area contributed by atoms with Crippen LogP contribution < -0.4 is 5.19 Å². The molecule has 1 aromatic carbocycles. The molecule has 1 rings (SSSR count). The second-order valence-electron chi connectivity index (χ2n) is 5.75. The van der Waals surface area contributed by atoms with Gasteiger partial charge in [-0.1, -0.05) is 88.6 Å². The third kappa shape index (κ3) is 6.33. The van der Waals surface area contributed by atoms with Crippen LogP contribution in [0.1, 0.15) is 58.3 Å². The third-order valence-corrected chi connectivity index (χ3v) is 7.78. The van der Waals surface area contributed by atoms with Gasteiger partial charge in [0.1, 0.15) is 0 Å². The molecule has 0 aliphatic heterocycles. The minimum absolute atomic E-state index is 1.05. The second kappa shape index (κ2) is 11.0. The Morgan fingerprint density at radius 2 is 1.29 bits per heavy atom. The molecule has 120 valence electrons. The standard InChI is InChI=1S/C18H32O2Si/c1-4-5-6-7-8-9-10-14-17-21(19-2,20-3)18-15-12-11-13-16-18/h11-13,15-16H,4-10,14,17H2,1-3H3. The van der Waals surface area contributed by atoms with Crippen molar-refractivity contribution in [3.63, 3.8) is 0 Å². The van der Waals surface area contributed by atoms with Crippen LogP contribution in [0, 0.1) is 0 Å². The van der Waals surface area contributed by atoms with Crippen molar-refractivity contribution in [2.75, 3.05) is 14.2 Å². The van der Waals surface area contributed by atoms with Crippen molar-refractivity contribution in [3.8, 4) is 0 Å². The van der Waals surface area contributed by atoms with Crippen LogP contribution in [0.3, 0.4) is 0 Å². The van der Waals surface area contributed by atoms with E-state index in [2.05, 4.69) is 31.2 Å². The van der Waals surface area contributed by atoms with E-state index in [1.54, 1.807) is 14.2 Å². The first-order chi connectivity index (χ1) is 10.3. The molecular formula is C18H32O2Si. The highest BCUT2D eigenvalue weighted by Gasteiger charge is 2.37. The van der Waals surface area contributed by atoms with Crippen LogP contribution in [-0.2, 0) is 8.85 Å². The molecule has 3 heteroatoms. The molecule has 0 aliphatic rings. The summed E-state index contributed by atoms with van der Waals surface area (Å²) in [5.74, 6) is 0. The highest BCUT2D eigenvalue weighted by Crippen LogP contribution is 2.18. The monoisotopic (exact) mass is 308 g/mol. The Kier molecular flexibility index (Phi) is 9.64. The quantitative estimate of drug-likeness (QED) is 0.409. The molecule has 0 radical (unpaired) electrons. The maximum atomic E-state index is 5.85. The first kappa shape index (κ1) is 18.4. The van der Waals surface area contributed by atoms with Crippen LogP contribution in [0.2, 0.25) is 6.04 Å². The molecule has 2 nitrogen and oxygen atoms in total. The third-order valence-electron chi connectivity index (χ3n) is 4.23. The van der Waals surface area contributed by atoms with Gasteiger partial charge in [-0.2, -0.15) is 0 Å². The lowest BCUT2D eigenvalue weighted by molar-refractivity contribution is 0.256. The topological polar surface area (TPSA) is 18.5 Å². The molecule has 0 unspecified atom stereocenters. The molecular weight excluding hydrogens is 276 g/mol. The van der Waals surface area contributed by atoms with E-state index < -0.39 is 8.56 Å². The van der Waals surface area contributed by atoms with E-state index in [1.807, 2.05) is 6.07 Å². The average Bonchev–Trinajstić information content (AvgIpc) is 2.55. The van der Waals surface area contributed by atoms with Gasteiger partial charge in [0.05, 0.1) is 0 Å². The van der Waals surface area contributed by atoms with E-state index in [4.69, 9.17) is 8.85 Å². The normalized spacial score (nSPS) is 11.8. The predicted molar refractivity (Wildman–Crippen MR) is 93.3 cm³/mol. The van der Waals surface area contributed by atoms with Gasteiger partial charge < -0.3 is 8.85 Å². The Morgan fingerprint density at radius 3 is 1.81 bits per heavy atom. The van der Waals surface area contributed by atoms with Gasteiger partial charge in [-0.05, 0) is 11.2 Å². The van der Waals surface area contributed by atoms with Crippen LogP contribution in [-0.4, -0.2) is 22.8 Å². The number of hydrogen-bond donors (Lipinski definition) is 0. The molecule has 0 fully saturated rings. The van der Waals surface area contributed by atoms with Crippen molar-refractivity contribution >= 4 is 13.7 Å². The molecule has 0 bridgehead atoms. The maximum absolute atomic E-state index is 5.85. The predicted octanol–water partition coefficient (Wildman–Crippen LogP) is 4.77. The molecule has 0 heterocycles. The molecule has 0 saturated heterocycles. The van der Waals surface area contributed by atoms with E-state index in [-0.39, 0.29) is 0 Å². The molecule has 0 aliphatic carbocycles. The maximum Gasteiger partial charge on any atom is 0.371 e. The summed E-state index contributed by atoms with van der Waals surface area (Å²) >= 11 is 0. The summed E-state index contributed by atoms with van der Waals surface area (Å²) < 4.78 is 11.7.